The number of carbonyl (C=O) groups excluding carboxylic acids is 1. The lowest BCUT2D eigenvalue weighted by molar-refractivity contribution is -0.124. The fourth-order valence-electron chi connectivity index (χ4n) is 2.21. The second kappa shape index (κ2) is 7.25. The van der Waals surface area contributed by atoms with Crippen molar-refractivity contribution in [1.82, 2.24) is 15.5 Å². The van der Waals surface area contributed by atoms with Crippen LogP contribution in [0.2, 0.25) is 0 Å². The van der Waals surface area contributed by atoms with Gasteiger partial charge in [-0.25, -0.2) is 0 Å². The van der Waals surface area contributed by atoms with Gasteiger partial charge in [-0.05, 0) is 25.5 Å². The van der Waals surface area contributed by atoms with Crippen LogP contribution in [0.3, 0.4) is 0 Å². The molecule has 2 rings (SSSR count). The van der Waals surface area contributed by atoms with Crippen LogP contribution in [0.1, 0.15) is 12.8 Å². The van der Waals surface area contributed by atoms with Gasteiger partial charge in [-0.3, -0.25) is 10.2 Å². The highest BCUT2D eigenvalue weighted by Crippen LogP contribution is 2.02. The first-order valence-corrected chi connectivity index (χ1v) is 6.88. The Balaban J connectivity index is 1.93. The molecule has 19 heavy (non-hydrogen) atoms. The highest BCUT2D eigenvalue weighted by Gasteiger charge is 2.19. The number of nitrogens with zero attached hydrogens (tertiary/aromatic N) is 1. The van der Waals surface area contributed by atoms with Crippen molar-refractivity contribution in [3.63, 3.8) is 0 Å². The van der Waals surface area contributed by atoms with Crippen molar-refractivity contribution in [2.75, 3.05) is 45.9 Å². The molecule has 2 aliphatic rings. The Hall–Kier alpha value is -1.40. The lowest BCUT2D eigenvalue weighted by Crippen LogP contribution is -2.38. The Bertz CT molecular complexity index is 350. The molecular weight excluding hydrogens is 244 g/mol. The standard InChI is InChI=1S/C13H22N4O2/c14-12(9-11-10-15-3-1-4-16-11)13(18)17-5-2-7-19-8-6-17/h9,14-16H,1-8,10H2/b11-9-,14-12?. The summed E-state index contributed by atoms with van der Waals surface area (Å²) in [5.74, 6) is -0.205. The van der Waals surface area contributed by atoms with E-state index in [1.165, 1.54) is 0 Å². The average Bonchev–Trinajstić information content (AvgIpc) is 2.82. The van der Waals surface area contributed by atoms with E-state index in [4.69, 9.17) is 10.1 Å². The third-order valence-electron chi connectivity index (χ3n) is 3.26. The molecule has 0 radical (unpaired) electrons. The van der Waals surface area contributed by atoms with Gasteiger partial charge in [0.2, 0.25) is 0 Å². The fraction of sp³-hybridized carbons (Fsp3) is 0.692. The molecule has 0 spiro atoms. The number of carbonyl (C=O) groups is 1. The minimum atomic E-state index is -0.205. The molecule has 2 aliphatic heterocycles. The minimum absolute atomic E-state index is 0.0492. The lowest BCUT2D eigenvalue weighted by atomic mass is 10.2. The summed E-state index contributed by atoms with van der Waals surface area (Å²) in [5.41, 5.74) is 0.968. The van der Waals surface area contributed by atoms with E-state index in [-0.39, 0.29) is 11.6 Å². The van der Waals surface area contributed by atoms with Crippen molar-refractivity contribution in [3.05, 3.63) is 11.8 Å². The quantitative estimate of drug-likeness (QED) is 0.601. The Kier molecular flexibility index (Phi) is 5.35. The van der Waals surface area contributed by atoms with Gasteiger partial charge in [-0.1, -0.05) is 0 Å². The number of ether oxygens (including phenoxy) is 1. The van der Waals surface area contributed by atoms with Gasteiger partial charge in [0.15, 0.2) is 0 Å². The normalized spacial score (nSPS) is 23.4. The van der Waals surface area contributed by atoms with E-state index in [9.17, 15) is 4.79 Å². The highest BCUT2D eigenvalue weighted by molar-refractivity contribution is 6.42. The van der Waals surface area contributed by atoms with Crippen LogP contribution in [0.15, 0.2) is 11.8 Å². The Labute approximate surface area is 113 Å². The van der Waals surface area contributed by atoms with Crippen molar-refractivity contribution in [3.8, 4) is 0 Å². The summed E-state index contributed by atoms with van der Waals surface area (Å²) in [7, 11) is 0. The third-order valence-corrected chi connectivity index (χ3v) is 3.26. The predicted molar refractivity (Wildman–Crippen MR) is 73.3 cm³/mol. The molecule has 6 heteroatoms. The van der Waals surface area contributed by atoms with E-state index in [2.05, 4.69) is 10.6 Å². The number of nitrogens with one attached hydrogen (secondary N) is 3. The van der Waals surface area contributed by atoms with Gasteiger partial charge in [0.05, 0.1) is 6.61 Å². The predicted octanol–water partition coefficient (Wildman–Crippen LogP) is -0.278. The molecule has 1 amide bonds. The summed E-state index contributed by atoms with van der Waals surface area (Å²) in [5, 5.41) is 14.4. The molecule has 0 aromatic carbocycles. The van der Waals surface area contributed by atoms with Gasteiger partial charge < -0.3 is 20.3 Å². The molecular formula is C13H22N4O2. The monoisotopic (exact) mass is 266 g/mol. The molecule has 0 unspecified atom stereocenters. The zero-order valence-corrected chi connectivity index (χ0v) is 11.2. The second-order valence-electron chi connectivity index (χ2n) is 4.80. The van der Waals surface area contributed by atoms with E-state index < -0.39 is 0 Å². The molecule has 6 nitrogen and oxygen atoms in total. The summed E-state index contributed by atoms with van der Waals surface area (Å²) in [6.45, 7) is 5.07. The number of amides is 1. The summed E-state index contributed by atoms with van der Waals surface area (Å²) in [6, 6.07) is 0. The Morgan fingerprint density at radius 3 is 3.05 bits per heavy atom. The molecule has 2 saturated heterocycles. The van der Waals surface area contributed by atoms with Crippen LogP contribution in [0.4, 0.5) is 0 Å². The van der Waals surface area contributed by atoms with Crippen LogP contribution in [-0.2, 0) is 9.53 Å². The maximum absolute atomic E-state index is 12.2. The third kappa shape index (κ3) is 4.33. The van der Waals surface area contributed by atoms with Crippen molar-refractivity contribution >= 4 is 11.6 Å². The largest absolute Gasteiger partial charge is 0.387 e. The average molecular weight is 266 g/mol. The van der Waals surface area contributed by atoms with E-state index in [1.807, 2.05) is 0 Å². The van der Waals surface area contributed by atoms with Crippen molar-refractivity contribution < 1.29 is 9.53 Å². The second-order valence-corrected chi connectivity index (χ2v) is 4.80. The maximum atomic E-state index is 12.2. The van der Waals surface area contributed by atoms with Crippen molar-refractivity contribution in [2.24, 2.45) is 0 Å². The molecule has 3 N–H and O–H groups in total. The zero-order chi connectivity index (χ0) is 13.5. The minimum Gasteiger partial charge on any atom is -0.387 e. The first kappa shape index (κ1) is 14.0. The summed E-state index contributed by atoms with van der Waals surface area (Å²) >= 11 is 0. The Morgan fingerprint density at radius 1 is 1.26 bits per heavy atom. The maximum Gasteiger partial charge on any atom is 0.271 e. The van der Waals surface area contributed by atoms with Crippen LogP contribution in [0.25, 0.3) is 0 Å². The topological polar surface area (TPSA) is 77.5 Å². The van der Waals surface area contributed by atoms with Crippen LogP contribution in [0, 0.1) is 5.41 Å². The molecule has 0 bridgehead atoms. The molecule has 0 aliphatic carbocycles. The van der Waals surface area contributed by atoms with E-state index >= 15 is 0 Å². The smallest absolute Gasteiger partial charge is 0.271 e. The zero-order valence-electron chi connectivity index (χ0n) is 11.2. The van der Waals surface area contributed by atoms with Crippen LogP contribution in [-0.4, -0.2) is 62.5 Å². The first-order chi connectivity index (χ1) is 9.27. The van der Waals surface area contributed by atoms with Gasteiger partial charge in [-0.2, -0.15) is 0 Å². The number of hydrogen-bond acceptors (Lipinski definition) is 5. The van der Waals surface area contributed by atoms with Crippen molar-refractivity contribution in [2.45, 2.75) is 12.8 Å². The van der Waals surface area contributed by atoms with Gasteiger partial charge in [0, 0.05) is 38.5 Å². The van der Waals surface area contributed by atoms with E-state index in [0.717, 1.165) is 31.6 Å². The number of rotatable bonds is 2. The van der Waals surface area contributed by atoms with Crippen LogP contribution >= 0.6 is 0 Å². The fourth-order valence-corrected chi connectivity index (χ4v) is 2.21. The van der Waals surface area contributed by atoms with Crippen molar-refractivity contribution in [1.29, 1.82) is 5.41 Å². The molecule has 0 aromatic rings. The molecule has 0 aromatic heterocycles. The molecule has 0 saturated carbocycles. The van der Waals surface area contributed by atoms with Gasteiger partial charge >= 0.3 is 0 Å². The molecule has 2 heterocycles. The molecule has 0 atom stereocenters. The Morgan fingerprint density at radius 2 is 2.16 bits per heavy atom. The van der Waals surface area contributed by atoms with E-state index in [0.29, 0.717) is 32.8 Å². The van der Waals surface area contributed by atoms with Gasteiger partial charge in [0.1, 0.15) is 5.71 Å². The SMILES string of the molecule is N=C(/C=C1/CNCCCN1)C(=O)N1CCCOCC1. The van der Waals surface area contributed by atoms with Crippen LogP contribution < -0.4 is 10.6 Å². The summed E-state index contributed by atoms with van der Waals surface area (Å²) in [6.07, 6.45) is 3.55. The first-order valence-electron chi connectivity index (χ1n) is 6.88. The summed E-state index contributed by atoms with van der Waals surface area (Å²) < 4.78 is 5.32. The lowest BCUT2D eigenvalue weighted by Gasteiger charge is -2.19. The molecule has 106 valence electrons. The summed E-state index contributed by atoms with van der Waals surface area (Å²) in [4.78, 5) is 13.9. The number of hydrogen-bond donors (Lipinski definition) is 3. The molecule has 2 fully saturated rings. The van der Waals surface area contributed by atoms with Gasteiger partial charge in [-0.15, -0.1) is 0 Å². The van der Waals surface area contributed by atoms with E-state index in [1.54, 1.807) is 11.0 Å². The van der Waals surface area contributed by atoms with Crippen LogP contribution in [0.5, 0.6) is 0 Å². The highest BCUT2D eigenvalue weighted by atomic mass is 16.5. The van der Waals surface area contributed by atoms with Gasteiger partial charge in [0.25, 0.3) is 5.91 Å².